The molecule has 3 rings (SSSR count). The third-order valence-electron chi connectivity index (χ3n) is 4.19. The zero-order valence-electron chi connectivity index (χ0n) is 15.3. The van der Waals surface area contributed by atoms with Crippen LogP contribution in [0, 0.1) is 0 Å². The highest BCUT2D eigenvalue weighted by atomic mass is 79.9. The molecule has 0 N–H and O–H groups in total. The van der Waals surface area contributed by atoms with Crippen LogP contribution in [0.5, 0.6) is 11.5 Å². The summed E-state index contributed by atoms with van der Waals surface area (Å²) in [5, 5.41) is 0.363. The van der Waals surface area contributed by atoms with E-state index < -0.39 is 9.84 Å². The molecule has 2 aliphatic rings. The molecule has 2 aliphatic heterocycles. The number of amidine groups is 1. The molecule has 2 heterocycles. The van der Waals surface area contributed by atoms with E-state index in [0.717, 1.165) is 4.47 Å². The molecule has 0 bridgehead atoms. The Labute approximate surface area is 171 Å². The number of ether oxygens (including phenoxy) is 2. The van der Waals surface area contributed by atoms with Gasteiger partial charge >= 0.3 is 0 Å². The van der Waals surface area contributed by atoms with E-state index in [-0.39, 0.29) is 28.7 Å². The number of carbonyl (C=O) groups excluding carboxylic acids is 1. The van der Waals surface area contributed by atoms with Crippen LogP contribution in [0.1, 0.15) is 20.8 Å². The van der Waals surface area contributed by atoms with Gasteiger partial charge in [-0.05, 0) is 29.8 Å². The number of aliphatic imine (C=N–C) groups is 1. The predicted octanol–water partition coefficient (Wildman–Crippen LogP) is 2.87. The molecule has 0 aromatic heterocycles. The standard InChI is InChI=1S/C17H21BrN2O5S2/c1-4-24-14-6-11(18)12(7-15(14)25-5-2)20-13-8-27(22,23)9-16(13)26-17(20)19-10(3)21/h6-7,13,16H,4-5,8-9H2,1-3H3. The Morgan fingerprint density at radius 1 is 1.26 bits per heavy atom. The number of halogens is 1. The first kappa shape index (κ1) is 20.5. The van der Waals surface area contributed by atoms with Gasteiger partial charge in [-0.3, -0.25) is 4.79 Å². The summed E-state index contributed by atoms with van der Waals surface area (Å²) >= 11 is 4.90. The number of fused-ring (bicyclic) bond motifs is 1. The number of sulfone groups is 1. The lowest BCUT2D eigenvalue weighted by molar-refractivity contribution is -0.115. The molecule has 0 aliphatic carbocycles. The Kier molecular flexibility index (Phi) is 6.07. The molecule has 148 valence electrons. The Hall–Kier alpha value is -1.26. The van der Waals surface area contributed by atoms with Gasteiger partial charge in [-0.15, -0.1) is 0 Å². The summed E-state index contributed by atoms with van der Waals surface area (Å²) in [6.45, 7) is 6.11. The maximum Gasteiger partial charge on any atom is 0.244 e. The van der Waals surface area contributed by atoms with Crippen molar-refractivity contribution < 1.29 is 22.7 Å². The fourth-order valence-corrected chi connectivity index (χ4v) is 7.69. The number of nitrogens with zero attached hydrogens (tertiary/aromatic N) is 2. The molecular weight excluding hydrogens is 456 g/mol. The van der Waals surface area contributed by atoms with Gasteiger partial charge in [0.1, 0.15) is 0 Å². The molecule has 1 aromatic rings. The van der Waals surface area contributed by atoms with Crippen molar-refractivity contribution in [3.8, 4) is 11.5 Å². The molecule has 27 heavy (non-hydrogen) atoms. The monoisotopic (exact) mass is 476 g/mol. The molecule has 0 radical (unpaired) electrons. The third-order valence-corrected chi connectivity index (χ3v) is 8.04. The van der Waals surface area contributed by atoms with Crippen molar-refractivity contribution in [3.63, 3.8) is 0 Å². The minimum absolute atomic E-state index is 0.0329. The third kappa shape index (κ3) is 4.27. The van der Waals surface area contributed by atoms with Crippen molar-refractivity contribution in [3.05, 3.63) is 16.6 Å². The number of rotatable bonds is 5. The molecule has 2 atom stereocenters. The zero-order valence-corrected chi connectivity index (χ0v) is 18.5. The van der Waals surface area contributed by atoms with E-state index >= 15 is 0 Å². The highest BCUT2D eigenvalue weighted by molar-refractivity contribution is 9.10. The van der Waals surface area contributed by atoms with E-state index in [2.05, 4.69) is 20.9 Å². The number of thioether (sulfide) groups is 1. The molecule has 7 nitrogen and oxygen atoms in total. The summed E-state index contributed by atoms with van der Waals surface area (Å²) in [6.07, 6.45) is 0. The second kappa shape index (κ2) is 8.00. The van der Waals surface area contributed by atoms with Crippen LogP contribution in [0.2, 0.25) is 0 Å². The summed E-state index contributed by atoms with van der Waals surface area (Å²) in [6, 6.07) is 3.33. The molecule has 1 aromatic carbocycles. The van der Waals surface area contributed by atoms with Crippen molar-refractivity contribution in [2.75, 3.05) is 29.6 Å². The van der Waals surface area contributed by atoms with Crippen LogP contribution in [0.15, 0.2) is 21.6 Å². The van der Waals surface area contributed by atoms with Gasteiger partial charge < -0.3 is 14.4 Å². The minimum Gasteiger partial charge on any atom is -0.490 e. The summed E-state index contributed by atoms with van der Waals surface area (Å²) in [4.78, 5) is 17.6. The number of hydrogen-bond donors (Lipinski definition) is 0. The van der Waals surface area contributed by atoms with Crippen molar-refractivity contribution >= 4 is 54.3 Å². The van der Waals surface area contributed by atoms with Crippen LogP contribution in [0.4, 0.5) is 5.69 Å². The van der Waals surface area contributed by atoms with Gasteiger partial charge in [-0.2, -0.15) is 4.99 Å². The van der Waals surface area contributed by atoms with Crippen LogP contribution in [0.25, 0.3) is 0 Å². The fraction of sp³-hybridized carbons (Fsp3) is 0.529. The fourth-order valence-electron chi connectivity index (χ4n) is 3.23. The van der Waals surface area contributed by atoms with Gasteiger partial charge in [0.15, 0.2) is 26.5 Å². The maximum absolute atomic E-state index is 12.1. The first-order valence-corrected chi connectivity index (χ1v) is 12.1. The zero-order chi connectivity index (χ0) is 19.8. The maximum atomic E-state index is 12.1. The number of hydrogen-bond acceptors (Lipinski definition) is 6. The van der Waals surface area contributed by atoms with E-state index in [4.69, 9.17) is 9.47 Å². The van der Waals surface area contributed by atoms with E-state index in [9.17, 15) is 13.2 Å². The SMILES string of the molecule is CCOc1cc(Br)c(N2C(=NC(C)=O)SC3CS(=O)(=O)CC32)cc1OCC. The molecule has 2 saturated heterocycles. The lowest BCUT2D eigenvalue weighted by Gasteiger charge is -2.26. The Morgan fingerprint density at radius 2 is 1.89 bits per heavy atom. The van der Waals surface area contributed by atoms with E-state index in [1.807, 2.05) is 24.8 Å². The number of anilines is 1. The average molecular weight is 477 g/mol. The van der Waals surface area contributed by atoms with E-state index in [1.54, 1.807) is 6.07 Å². The first-order chi connectivity index (χ1) is 12.8. The van der Waals surface area contributed by atoms with Crippen molar-refractivity contribution in [1.82, 2.24) is 0 Å². The van der Waals surface area contributed by atoms with Gasteiger partial charge in [-0.1, -0.05) is 11.8 Å². The highest BCUT2D eigenvalue weighted by Crippen LogP contribution is 2.46. The normalized spacial score (nSPS) is 24.9. The quantitative estimate of drug-likeness (QED) is 0.645. The van der Waals surface area contributed by atoms with Gasteiger partial charge in [0.25, 0.3) is 0 Å². The Bertz CT molecular complexity index is 888. The van der Waals surface area contributed by atoms with Crippen LogP contribution >= 0.6 is 27.7 Å². The highest BCUT2D eigenvalue weighted by Gasteiger charge is 2.49. The van der Waals surface area contributed by atoms with Crippen molar-refractivity contribution in [2.45, 2.75) is 32.1 Å². The van der Waals surface area contributed by atoms with E-state index in [0.29, 0.717) is 35.6 Å². The average Bonchev–Trinajstić information content (AvgIpc) is 3.01. The minimum atomic E-state index is -3.12. The molecule has 2 unspecified atom stereocenters. The second-order valence-electron chi connectivity index (χ2n) is 6.20. The van der Waals surface area contributed by atoms with Crippen LogP contribution in [-0.2, 0) is 14.6 Å². The molecule has 0 saturated carbocycles. The number of benzene rings is 1. The number of amides is 1. The summed E-state index contributed by atoms with van der Waals surface area (Å²) in [5.74, 6) is 0.961. The molecule has 2 fully saturated rings. The topological polar surface area (TPSA) is 85.3 Å². The van der Waals surface area contributed by atoms with Gasteiger partial charge in [0.05, 0.1) is 36.4 Å². The van der Waals surface area contributed by atoms with Crippen LogP contribution in [0.3, 0.4) is 0 Å². The lowest BCUT2D eigenvalue weighted by Crippen LogP contribution is -2.38. The van der Waals surface area contributed by atoms with Gasteiger partial charge in [-0.25, -0.2) is 8.42 Å². The summed E-state index contributed by atoms with van der Waals surface area (Å²) in [5.41, 5.74) is 0.707. The van der Waals surface area contributed by atoms with E-state index in [1.165, 1.54) is 18.7 Å². The first-order valence-electron chi connectivity index (χ1n) is 8.60. The Morgan fingerprint density at radius 3 is 2.48 bits per heavy atom. The van der Waals surface area contributed by atoms with Crippen LogP contribution < -0.4 is 14.4 Å². The van der Waals surface area contributed by atoms with Crippen molar-refractivity contribution in [1.29, 1.82) is 0 Å². The van der Waals surface area contributed by atoms with Gasteiger partial charge in [0.2, 0.25) is 5.91 Å². The second-order valence-corrected chi connectivity index (χ2v) is 10.4. The molecular formula is C17H21BrN2O5S2. The largest absolute Gasteiger partial charge is 0.490 e. The smallest absolute Gasteiger partial charge is 0.244 e. The summed E-state index contributed by atoms with van der Waals surface area (Å²) in [7, 11) is -3.12. The molecule has 10 heteroatoms. The molecule has 0 spiro atoms. The molecule has 1 amide bonds. The summed E-state index contributed by atoms with van der Waals surface area (Å²) < 4.78 is 36.3. The number of carbonyl (C=O) groups is 1. The van der Waals surface area contributed by atoms with Crippen molar-refractivity contribution in [2.24, 2.45) is 4.99 Å². The lowest BCUT2D eigenvalue weighted by atomic mass is 10.2. The Balaban J connectivity index is 2.10. The predicted molar refractivity (Wildman–Crippen MR) is 111 cm³/mol. The van der Waals surface area contributed by atoms with Crippen LogP contribution in [-0.4, -0.2) is 55.5 Å². The van der Waals surface area contributed by atoms with Gasteiger partial charge in [0, 0.05) is 28.8 Å².